The van der Waals surface area contributed by atoms with Crippen LogP contribution in [0.25, 0.3) is 0 Å². The first-order chi connectivity index (χ1) is 7.13. The first kappa shape index (κ1) is 11.1. The molecule has 0 aromatic rings. The van der Waals surface area contributed by atoms with Gasteiger partial charge in [-0.15, -0.1) is 0 Å². The highest BCUT2D eigenvalue weighted by molar-refractivity contribution is 5.81. The van der Waals surface area contributed by atoms with E-state index < -0.39 is 0 Å². The highest BCUT2D eigenvalue weighted by atomic mass is 16.1. The summed E-state index contributed by atoms with van der Waals surface area (Å²) in [5.74, 6) is 1.25. The zero-order valence-electron chi connectivity index (χ0n) is 10.2. The van der Waals surface area contributed by atoms with Gasteiger partial charge in [0.1, 0.15) is 5.78 Å². The number of fused-ring (bicyclic) bond motifs is 2. The molecule has 2 aliphatic rings. The number of carbonyl (C=O) groups is 1. The number of Topliss-reactive ketones (excluding diaryl/α,β-unsaturated/α-hetero) is 1. The Morgan fingerprint density at radius 2 is 1.80 bits per heavy atom. The Kier molecular flexibility index (Phi) is 3.15. The number of hydrogen-bond acceptors (Lipinski definition) is 2. The molecule has 4 atom stereocenters. The molecule has 0 aromatic heterocycles. The molecule has 15 heavy (non-hydrogen) atoms. The number of carbonyl (C=O) groups excluding carboxylic acids is 1. The van der Waals surface area contributed by atoms with Gasteiger partial charge in [0.05, 0.1) is 0 Å². The zero-order valence-corrected chi connectivity index (χ0v) is 10.2. The maximum atomic E-state index is 11.5. The van der Waals surface area contributed by atoms with E-state index in [4.69, 9.17) is 0 Å². The minimum absolute atomic E-state index is 0.495. The van der Waals surface area contributed by atoms with Gasteiger partial charge >= 0.3 is 0 Å². The van der Waals surface area contributed by atoms with Gasteiger partial charge in [0.15, 0.2) is 0 Å². The number of hydrogen-bond donors (Lipinski definition) is 0. The van der Waals surface area contributed by atoms with Crippen LogP contribution in [-0.4, -0.2) is 28.8 Å². The lowest BCUT2D eigenvalue weighted by Crippen LogP contribution is -2.50. The van der Waals surface area contributed by atoms with E-state index in [1.807, 2.05) is 0 Å². The molecule has 0 saturated carbocycles. The molecular weight excluding hydrogens is 186 g/mol. The fraction of sp³-hybridized carbons (Fsp3) is 0.923. The third-order valence-corrected chi connectivity index (χ3v) is 4.54. The van der Waals surface area contributed by atoms with Gasteiger partial charge in [0.2, 0.25) is 0 Å². The minimum atomic E-state index is 0.495. The maximum Gasteiger partial charge on any atom is 0.136 e. The van der Waals surface area contributed by atoms with Crippen LogP contribution in [0.15, 0.2) is 0 Å². The molecule has 0 spiro atoms. The number of piperidine rings is 1. The highest BCUT2D eigenvalue weighted by Gasteiger charge is 2.42. The zero-order chi connectivity index (χ0) is 11.0. The standard InChI is InChI=1S/C13H23NO/c1-4-9(2)10(3)14-11-5-6-12(14)8-13(15)7-11/h9-12H,4-8H2,1-3H3. The van der Waals surface area contributed by atoms with Crippen LogP contribution in [0.1, 0.15) is 52.9 Å². The first-order valence-corrected chi connectivity index (χ1v) is 6.42. The number of ketones is 1. The lowest BCUT2D eigenvalue weighted by atomic mass is 9.93. The second-order valence-electron chi connectivity index (χ2n) is 5.41. The van der Waals surface area contributed by atoms with Crippen molar-refractivity contribution in [2.75, 3.05) is 0 Å². The van der Waals surface area contributed by atoms with E-state index in [-0.39, 0.29) is 0 Å². The van der Waals surface area contributed by atoms with E-state index in [9.17, 15) is 4.79 Å². The van der Waals surface area contributed by atoms with Crippen LogP contribution in [0.5, 0.6) is 0 Å². The van der Waals surface area contributed by atoms with Crippen molar-refractivity contribution in [2.45, 2.75) is 71.0 Å². The molecule has 0 radical (unpaired) electrons. The monoisotopic (exact) mass is 209 g/mol. The molecule has 2 heterocycles. The lowest BCUT2D eigenvalue weighted by Gasteiger charge is -2.41. The van der Waals surface area contributed by atoms with E-state index in [0.717, 1.165) is 18.8 Å². The summed E-state index contributed by atoms with van der Waals surface area (Å²) in [7, 11) is 0. The van der Waals surface area contributed by atoms with Crippen LogP contribution in [-0.2, 0) is 4.79 Å². The Labute approximate surface area is 93.0 Å². The molecule has 2 rings (SSSR count). The molecule has 86 valence electrons. The van der Waals surface area contributed by atoms with Crippen LogP contribution in [0.4, 0.5) is 0 Å². The predicted molar refractivity (Wildman–Crippen MR) is 61.8 cm³/mol. The quantitative estimate of drug-likeness (QED) is 0.712. The summed E-state index contributed by atoms with van der Waals surface area (Å²) in [5, 5.41) is 0. The van der Waals surface area contributed by atoms with Gasteiger partial charge in [-0.1, -0.05) is 20.3 Å². The van der Waals surface area contributed by atoms with Gasteiger partial charge in [-0.3, -0.25) is 9.69 Å². The van der Waals surface area contributed by atoms with Crippen molar-refractivity contribution in [2.24, 2.45) is 5.92 Å². The normalized spacial score (nSPS) is 35.5. The molecule has 2 fully saturated rings. The predicted octanol–water partition coefficient (Wildman–Crippen LogP) is 2.62. The van der Waals surface area contributed by atoms with Crippen molar-refractivity contribution < 1.29 is 4.79 Å². The summed E-state index contributed by atoms with van der Waals surface area (Å²) in [6.07, 6.45) is 5.37. The van der Waals surface area contributed by atoms with Crippen LogP contribution < -0.4 is 0 Å². The van der Waals surface area contributed by atoms with Gasteiger partial charge in [-0.2, -0.15) is 0 Å². The lowest BCUT2D eigenvalue weighted by molar-refractivity contribution is -0.124. The fourth-order valence-electron chi connectivity index (χ4n) is 3.30. The Hall–Kier alpha value is -0.370. The summed E-state index contributed by atoms with van der Waals surface area (Å²) in [6.45, 7) is 6.94. The Morgan fingerprint density at radius 3 is 2.27 bits per heavy atom. The van der Waals surface area contributed by atoms with E-state index in [2.05, 4.69) is 25.7 Å². The Bertz CT molecular complexity index is 235. The summed E-state index contributed by atoms with van der Waals surface area (Å²) in [4.78, 5) is 14.2. The molecule has 2 saturated heterocycles. The molecule has 2 aliphatic heterocycles. The van der Waals surface area contributed by atoms with Crippen molar-refractivity contribution in [1.82, 2.24) is 4.90 Å². The topological polar surface area (TPSA) is 20.3 Å². The van der Waals surface area contributed by atoms with E-state index in [0.29, 0.717) is 23.9 Å². The molecule has 2 bridgehead atoms. The summed E-state index contributed by atoms with van der Waals surface area (Å²) >= 11 is 0. The van der Waals surface area contributed by atoms with Gasteiger partial charge in [0.25, 0.3) is 0 Å². The summed E-state index contributed by atoms with van der Waals surface area (Å²) < 4.78 is 0. The molecule has 2 heteroatoms. The van der Waals surface area contributed by atoms with Crippen molar-refractivity contribution in [1.29, 1.82) is 0 Å². The first-order valence-electron chi connectivity index (χ1n) is 6.42. The molecule has 2 nitrogen and oxygen atoms in total. The minimum Gasteiger partial charge on any atom is -0.300 e. The molecular formula is C13H23NO. The third kappa shape index (κ3) is 1.96. The average Bonchev–Trinajstić information content (AvgIpc) is 2.49. The second kappa shape index (κ2) is 4.25. The van der Waals surface area contributed by atoms with E-state index >= 15 is 0 Å². The smallest absolute Gasteiger partial charge is 0.136 e. The van der Waals surface area contributed by atoms with Crippen molar-refractivity contribution in [3.8, 4) is 0 Å². The fourth-order valence-corrected chi connectivity index (χ4v) is 3.30. The van der Waals surface area contributed by atoms with Crippen LogP contribution in [0, 0.1) is 5.92 Å². The SMILES string of the molecule is CCC(C)C(C)N1C2CCC1CC(=O)C2. The van der Waals surface area contributed by atoms with Crippen molar-refractivity contribution in [3.05, 3.63) is 0 Å². The molecule has 0 aliphatic carbocycles. The van der Waals surface area contributed by atoms with Gasteiger partial charge in [-0.05, 0) is 25.7 Å². The number of nitrogens with zero attached hydrogens (tertiary/aromatic N) is 1. The largest absolute Gasteiger partial charge is 0.300 e. The van der Waals surface area contributed by atoms with Gasteiger partial charge in [0, 0.05) is 31.0 Å². The van der Waals surface area contributed by atoms with Crippen LogP contribution in [0.2, 0.25) is 0 Å². The molecule has 4 unspecified atom stereocenters. The summed E-state index contributed by atoms with van der Waals surface area (Å²) in [6, 6.07) is 1.79. The van der Waals surface area contributed by atoms with Gasteiger partial charge < -0.3 is 0 Å². The molecule has 0 amide bonds. The van der Waals surface area contributed by atoms with Gasteiger partial charge in [-0.25, -0.2) is 0 Å². The van der Waals surface area contributed by atoms with E-state index in [1.165, 1.54) is 19.3 Å². The maximum absolute atomic E-state index is 11.5. The highest BCUT2D eigenvalue weighted by Crippen LogP contribution is 2.37. The summed E-state index contributed by atoms with van der Waals surface area (Å²) in [5.41, 5.74) is 0. The van der Waals surface area contributed by atoms with Crippen molar-refractivity contribution in [3.63, 3.8) is 0 Å². The second-order valence-corrected chi connectivity index (χ2v) is 5.41. The Balaban J connectivity index is 2.07. The third-order valence-electron chi connectivity index (χ3n) is 4.54. The molecule has 0 aromatic carbocycles. The molecule has 0 N–H and O–H groups in total. The van der Waals surface area contributed by atoms with Crippen LogP contribution >= 0.6 is 0 Å². The van der Waals surface area contributed by atoms with Crippen molar-refractivity contribution >= 4 is 5.78 Å². The van der Waals surface area contributed by atoms with E-state index in [1.54, 1.807) is 0 Å². The number of rotatable bonds is 3. The Morgan fingerprint density at radius 1 is 1.27 bits per heavy atom. The van der Waals surface area contributed by atoms with Crippen LogP contribution in [0.3, 0.4) is 0 Å². The average molecular weight is 209 g/mol.